The number of amides is 1. The number of hydrogen-bond donors (Lipinski definition) is 1. The van der Waals surface area contributed by atoms with Crippen LogP contribution in [0.5, 0.6) is 5.75 Å². The number of nitrogens with one attached hydrogen (secondary N) is 1. The molecule has 1 N–H and O–H groups in total. The number of aryl methyl sites for hydroxylation is 2. The molecular formula is C18H20ClNO2. The van der Waals surface area contributed by atoms with E-state index in [4.69, 9.17) is 16.3 Å². The quantitative estimate of drug-likeness (QED) is 0.897. The van der Waals surface area contributed by atoms with Crippen molar-refractivity contribution < 1.29 is 9.53 Å². The minimum absolute atomic E-state index is 0.00337. The molecule has 0 saturated heterocycles. The van der Waals surface area contributed by atoms with Gasteiger partial charge in [-0.15, -0.1) is 0 Å². The van der Waals surface area contributed by atoms with Gasteiger partial charge in [-0.3, -0.25) is 4.79 Å². The molecule has 0 fully saturated rings. The van der Waals surface area contributed by atoms with Crippen LogP contribution in [0.4, 0.5) is 0 Å². The third-order valence-electron chi connectivity index (χ3n) is 3.48. The molecule has 0 aromatic heterocycles. The average molecular weight is 318 g/mol. The van der Waals surface area contributed by atoms with Gasteiger partial charge in [-0.2, -0.15) is 0 Å². The maximum Gasteiger partial charge on any atom is 0.258 e. The Bertz CT molecular complexity index is 650. The van der Waals surface area contributed by atoms with Crippen molar-refractivity contribution in [3.8, 4) is 5.75 Å². The van der Waals surface area contributed by atoms with Gasteiger partial charge < -0.3 is 10.1 Å². The van der Waals surface area contributed by atoms with Crippen molar-refractivity contribution in [2.75, 3.05) is 6.61 Å². The number of para-hydroxylation sites is 1. The highest BCUT2D eigenvalue weighted by molar-refractivity contribution is 6.30. The molecule has 116 valence electrons. The highest BCUT2D eigenvalue weighted by atomic mass is 35.5. The first-order valence-corrected chi connectivity index (χ1v) is 7.59. The van der Waals surface area contributed by atoms with Crippen molar-refractivity contribution in [2.45, 2.75) is 26.8 Å². The van der Waals surface area contributed by atoms with Crippen LogP contribution in [-0.4, -0.2) is 12.5 Å². The second-order valence-electron chi connectivity index (χ2n) is 5.35. The molecule has 2 aromatic rings. The number of halogens is 1. The van der Waals surface area contributed by atoms with E-state index in [9.17, 15) is 4.79 Å². The summed E-state index contributed by atoms with van der Waals surface area (Å²) in [6, 6.07) is 13.2. The second-order valence-corrected chi connectivity index (χ2v) is 5.79. The summed E-state index contributed by atoms with van der Waals surface area (Å²) in [5.74, 6) is 0.614. The molecule has 0 aliphatic rings. The summed E-state index contributed by atoms with van der Waals surface area (Å²) >= 11 is 5.96. The van der Waals surface area contributed by atoms with Crippen molar-refractivity contribution in [3.05, 3.63) is 64.2 Å². The fourth-order valence-corrected chi connectivity index (χ4v) is 2.51. The van der Waals surface area contributed by atoms with E-state index in [1.807, 2.05) is 63.2 Å². The molecule has 0 spiro atoms. The van der Waals surface area contributed by atoms with Crippen LogP contribution in [0, 0.1) is 13.8 Å². The van der Waals surface area contributed by atoms with E-state index in [2.05, 4.69) is 5.32 Å². The summed E-state index contributed by atoms with van der Waals surface area (Å²) in [5.41, 5.74) is 3.01. The van der Waals surface area contributed by atoms with E-state index in [0.717, 1.165) is 22.4 Å². The van der Waals surface area contributed by atoms with Crippen molar-refractivity contribution >= 4 is 17.5 Å². The summed E-state index contributed by atoms with van der Waals surface area (Å²) in [4.78, 5) is 12.0. The number of benzene rings is 2. The second kappa shape index (κ2) is 7.32. The SMILES string of the molecule is Cc1cccc(C)c1OCC(=O)NC(C)c1cccc(Cl)c1. The monoisotopic (exact) mass is 317 g/mol. The van der Waals surface area contributed by atoms with Gasteiger partial charge in [0, 0.05) is 5.02 Å². The van der Waals surface area contributed by atoms with Gasteiger partial charge in [0.2, 0.25) is 0 Å². The molecule has 0 radical (unpaired) electrons. The zero-order valence-corrected chi connectivity index (χ0v) is 13.8. The lowest BCUT2D eigenvalue weighted by molar-refractivity contribution is -0.123. The summed E-state index contributed by atoms with van der Waals surface area (Å²) in [6.07, 6.45) is 0. The van der Waals surface area contributed by atoms with Crippen LogP contribution in [0.1, 0.15) is 29.7 Å². The predicted molar refractivity (Wildman–Crippen MR) is 89.4 cm³/mol. The Morgan fingerprint density at radius 1 is 1.18 bits per heavy atom. The molecule has 1 unspecified atom stereocenters. The number of rotatable bonds is 5. The van der Waals surface area contributed by atoms with Crippen LogP contribution in [0.3, 0.4) is 0 Å². The molecule has 0 saturated carbocycles. The van der Waals surface area contributed by atoms with Crippen LogP contribution in [0.25, 0.3) is 0 Å². The Morgan fingerprint density at radius 3 is 2.45 bits per heavy atom. The first-order valence-electron chi connectivity index (χ1n) is 7.21. The van der Waals surface area contributed by atoms with E-state index < -0.39 is 0 Å². The van der Waals surface area contributed by atoms with Crippen LogP contribution in [-0.2, 0) is 4.79 Å². The summed E-state index contributed by atoms with van der Waals surface area (Å²) < 4.78 is 5.65. The molecule has 1 amide bonds. The largest absolute Gasteiger partial charge is 0.483 e. The van der Waals surface area contributed by atoms with Gasteiger partial charge in [0.15, 0.2) is 6.61 Å². The lowest BCUT2D eigenvalue weighted by atomic mass is 10.1. The summed E-state index contributed by atoms with van der Waals surface area (Å²) in [6.45, 7) is 5.85. The topological polar surface area (TPSA) is 38.3 Å². The highest BCUT2D eigenvalue weighted by Gasteiger charge is 2.11. The van der Waals surface area contributed by atoms with E-state index in [0.29, 0.717) is 5.02 Å². The van der Waals surface area contributed by atoms with Crippen molar-refractivity contribution in [1.82, 2.24) is 5.32 Å². The third-order valence-corrected chi connectivity index (χ3v) is 3.72. The summed E-state index contributed by atoms with van der Waals surface area (Å²) in [5, 5.41) is 3.57. The molecule has 22 heavy (non-hydrogen) atoms. The molecule has 0 heterocycles. The fraction of sp³-hybridized carbons (Fsp3) is 0.278. The van der Waals surface area contributed by atoms with Gasteiger partial charge in [-0.25, -0.2) is 0 Å². The Kier molecular flexibility index (Phi) is 5.45. The van der Waals surface area contributed by atoms with E-state index in [1.165, 1.54) is 0 Å². The van der Waals surface area contributed by atoms with Crippen LogP contribution >= 0.6 is 11.6 Å². The number of carbonyl (C=O) groups is 1. The van der Waals surface area contributed by atoms with Crippen LogP contribution in [0.2, 0.25) is 5.02 Å². The van der Waals surface area contributed by atoms with Crippen molar-refractivity contribution in [2.24, 2.45) is 0 Å². The minimum atomic E-state index is -0.157. The molecule has 0 aliphatic heterocycles. The van der Waals surface area contributed by atoms with Gasteiger partial charge in [0.25, 0.3) is 5.91 Å². The standard InChI is InChI=1S/C18H20ClNO2/c1-12-6-4-7-13(2)18(12)22-11-17(21)20-14(3)15-8-5-9-16(19)10-15/h4-10,14H,11H2,1-3H3,(H,20,21). The zero-order valence-electron chi connectivity index (χ0n) is 13.0. The molecule has 0 aliphatic carbocycles. The van der Waals surface area contributed by atoms with Crippen molar-refractivity contribution in [1.29, 1.82) is 0 Å². The number of carbonyl (C=O) groups excluding carboxylic acids is 1. The first kappa shape index (κ1) is 16.4. The molecule has 2 rings (SSSR count). The highest BCUT2D eigenvalue weighted by Crippen LogP contribution is 2.22. The lowest BCUT2D eigenvalue weighted by Crippen LogP contribution is -2.31. The maximum atomic E-state index is 12.0. The number of ether oxygens (including phenoxy) is 1. The Labute approximate surface area is 136 Å². The lowest BCUT2D eigenvalue weighted by Gasteiger charge is -2.16. The Balaban J connectivity index is 1.93. The molecule has 1 atom stereocenters. The number of hydrogen-bond acceptors (Lipinski definition) is 2. The van der Waals surface area contributed by atoms with Crippen LogP contribution < -0.4 is 10.1 Å². The van der Waals surface area contributed by atoms with Crippen LogP contribution in [0.15, 0.2) is 42.5 Å². The van der Waals surface area contributed by atoms with E-state index in [-0.39, 0.29) is 18.6 Å². The van der Waals surface area contributed by atoms with Gasteiger partial charge in [-0.05, 0) is 49.6 Å². The summed E-state index contributed by atoms with van der Waals surface area (Å²) in [7, 11) is 0. The average Bonchev–Trinajstić information content (AvgIpc) is 2.46. The predicted octanol–water partition coefficient (Wildman–Crippen LogP) is 4.21. The Hall–Kier alpha value is -2.00. The maximum absolute atomic E-state index is 12.0. The minimum Gasteiger partial charge on any atom is -0.483 e. The third kappa shape index (κ3) is 4.25. The molecule has 0 bridgehead atoms. The zero-order chi connectivity index (χ0) is 16.1. The Morgan fingerprint density at radius 2 is 1.82 bits per heavy atom. The van der Waals surface area contributed by atoms with Gasteiger partial charge in [0.1, 0.15) is 5.75 Å². The molecule has 4 heteroatoms. The van der Waals surface area contributed by atoms with E-state index >= 15 is 0 Å². The first-order chi connectivity index (χ1) is 10.5. The van der Waals surface area contributed by atoms with Gasteiger partial charge in [0.05, 0.1) is 6.04 Å². The smallest absolute Gasteiger partial charge is 0.258 e. The van der Waals surface area contributed by atoms with Gasteiger partial charge in [-0.1, -0.05) is 41.9 Å². The molecular weight excluding hydrogens is 298 g/mol. The molecule has 2 aromatic carbocycles. The van der Waals surface area contributed by atoms with Crippen molar-refractivity contribution in [3.63, 3.8) is 0 Å². The van der Waals surface area contributed by atoms with Gasteiger partial charge >= 0.3 is 0 Å². The fourth-order valence-electron chi connectivity index (χ4n) is 2.31. The normalized spacial score (nSPS) is 11.8. The molecule has 3 nitrogen and oxygen atoms in total. The van der Waals surface area contributed by atoms with E-state index in [1.54, 1.807) is 0 Å².